The summed E-state index contributed by atoms with van der Waals surface area (Å²) in [6, 6.07) is 0. The van der Waals surface area contributed by atoms with Crippen molar-refractivity contribution in [2.24, 2.45) is 7.05 Å². The second-order valence-corrected chi connectivity index (χ2v) is 2.96. The molecule has 0 unspecified atom stereocenters. The van der Waals surface area contributed by atoms with Gasteiger partial charge in [-0.15, -0.1) is 6.58 Å². The molecular weight excluding hydrogens is 218 g/mol. The standard InChI is InChI=1S/C7H8Cl2N2.ClH/c1-3-4-5-10-6(8)7(9)11(5)2;/h3H,1,4H2,2H3;1H. The van der Waals surface area contributed by atoms with Crippen molar-refractivity contribution in [3.63, 3.8) is 0 Å². The van der Waals surface area contributed by atoms with Crippen molar-refractivity contribution in [2.45, 2.75) is 6.42 Å². The Hall–Kier alpha value is -0.180. The van der Waals surface area contributed by atoms with Gasteiger partial charge < -0.3 is 12.4 Å². The highest BCUT2D eigenvalue weighted by molar-refractivity contribution is 6.39. The smallest absolute Gasteiger partial charge is 0.260 e. The van der Waals surface area contributed by atoms with Crippen LogP contribution in [0.1, 0.15) is 5.82 Å². The van der Waals surface area contributed by atoms with Gasteiger partial charge >= 0.3 is 0 Å². The summed E-state index contributed by atoms with van der Waals surface area (Å²) >= 11 is 11.5. The monoisotopic (exact) mass is 226 g/mol. The zero-order chi connectivity index (χ0) is 8.43. The van der Waals surface area contributed by atoms with E-state index in [1.165, 1.54) is 0 Å². The van der Waals surface area contributed by atoms with Crippen LogP contribution in [0.25, 0.3) is 0 Å². The first-order valence-electron chi connectivity index (χ1n) is 3.19. The maximum Gasteiger partial charge on any atom is 0.260 e. The molecule has 5 heteroatoms. The Labute approximate surface area is 87.6 Å². The molecule has 1 aromatic heterocycles. The molecule has 0 aliphatic heterocycles. The van der Waals surface area contributed by atoms with Crippen molar-refractivity contribution in [2.75, 3.05) is 0 Å². The number of allylic oxidation sites excluding steroid dienone is 1. The van der Waals surface area contributed by atoms with E-state index in [0.29, 0.717) is 10.3 Å². The quantitative estimate of drug-likeness (QED) is 0.488. The highest BCUT2D eigenvalue weighted by Gasteiger charge is 2.16. The van der Waals surface area contributed by atoms with Crippen molar-refractivity contribution in [1.29, 1.82) is 0 Å². The summed E-state index contributed by atoms with van der Waals surface area (Å²) in [5.41, 5.74) is 0. The van der Waals surface area contributed by atoms with E-state index in [0.717, 1.165) is 12.2 Å². The maximum atomic E-state index is 5.80. The van der Waals surface area contributed by atoms with Gasteiger partial charge in [-0.3, -0.25) is 0 Å². The molecule has 0 fully saturated rings. The minimum absolute atomic E-state index is 0. The van der Waals surface area contributed by atoms with E-state index in [9.17, 15) is 0 Å². The molecule has 2 nitrogen and oxygen atoms in total. The van der Waals surface area contributed by atoms with E-state index in [1.54, 1.807) is 10.6 Å². The molecule has 0 aliphatic carbocycles. The molecule has 0 spiro atoms. The van der Waals surface area contributed by atoms with Gasteiger partial charge in [-0.2, -0.15) is 0 Å². The Bertz CT molecular complexity index is 280. The highest BCUT2D eigenvalue weighted by atomic mass is 35.5. The summed E-state index contributed by atoms with van der Waals surface area (Å²) in [6.45, 7) is 3.62. The van der Waals surface area contributed by atoms with Gasteiger partial charge in [0.1, 0.15) is 0 Å². The molecule has 68 valence electrons. The first kappa shape index (κ1) is 11.8. The summed E-state index contributed by atoms with van der Waals surface area (Å²) < 4.78 is 1.80. The fourth-order valence-electron chi connectivity index (χ4n) is 0.853. The van der Waals surface area contributed by atoms with Crippen molar-refractivity contribution < 1.29 is 17.0 Å². The number of rotatable bonds is 2. The van der Waals surface area contributed by atoms with Gasteiger partial charge in [0.05, 0.1) is 13.5 Å². The Kier molecular flexibility index (Phi) is 4.68. The number of aromatic nitrogens is 2. The molecule has 0 aromatic carbocycles. The normalized spacial score (nSPS) is 9.25. The molecule has 1 heterocycles. The predicted molar refractivity (Wildman–Crippen MR) is 45.9 cm³/mol. The zero-order valence-corrected chi connectivity index (χ0v) is 8.84. The second-order valence-electron chi connectivity index (χ2n) is 2.23. The van der Waals surface area contributed by atoms with Gasteiger partial charge in [-0.1, -0.05) is 6.08 Å². The van der Waals surface area contributed by atoms with E-state index in [-0.39, 0.29) is 12.4 Å². The molecule has 12 heavy (non-hydrogen) atoms. The van der Waals surface area contributed by atoms with Crippen LogP contribution in [0.4, 0.5) is 0 Å². The molecule has 0 aliphatic rings. The number of hydrogen-bond acceptors (Lipinski definition) is 0. The van der Waals surface area contributed by atoms with E-state index < -0.39 is 0 Å². The van der Waals surface area contributed by atoms with Crippen molar-refractivity contribution >= 4 is 23.2 Å². The van der Waals surface area contributed by atoms with Crippen molar-refractivity contribution in [3.8, 4) is 0 Å². The first-order chi connectivity index (χ1) is 5.16. The maximum absolute atomic E-state index is 5.80. The molecule has 1 N–H and O–H groups in total. The van der Waals surface area contributed by atoms with Gasteiger partial charge in [-0.25, -0.2) is 9.55 Å². The molecule has 0 saturated carbocycles. The van der Waals surface area contributed by atoms with Crippen LogP contribution in [0.15, 0.2) is 12.7 Å². The van der Waals surface area contributed by atoms with E-state index in [2.05, 4.69) is 11.6 Å². The van der Waals surface area contributed by atoms with Crippen LogP contribution in [-0.2, 0) is 13.5 Å². The lowest BCUT2D eigenvalue weighted by atomic mass is 10.4. The summed E-state index contributed by atoms with van der Waals surface area (Å²) in [7, 11) is 1.85. The summed E-state index contributed by atoms with van der Waals surface area (Å²) in [6.07, 6.45) is 2.53. The van der Waals surface area contributed by atoms with Crippen LogP contribution in [-0.4, -0.2) is 4.98 Å². The Morgan fingerprint density at radius 3 is 2.50 bits per heavy atom. The molecule has 0 bridgehead atoms. The number of aromatic amines is 1. The molecule has 1 rings (SSSR count). The summed E-state index contributed by atoms with van der Waals surface area (Å²) in [5, 5.41) is 1.01. The average Bonchev–Trinajstić information content (AvgIpc) is 2.19. The van der Waals surface area contributed by atoms with E-state index in [1.807, 2.05) is 7.05 Å². The minimum atomic E-state index is 0. The number of H-pyrrole nitrogens is 1. The number of imidazole rings is 1. The molecule has 0 atom stereocenters. The van der Waals surface area contributed by atoms with E-state index >= 15 is 0 Å². The number of halogens is 3. The van der Waals surface area contributed by atoms with Gasteiger partial charge in [0, 0.05) is 0 Å². The molecule has 1 aromatic rings. The summed E-state index contributed by atoms with van der Waals surface area (Å²) in [5.74, 6) is 0.954. The van der Waals surface area contributed by atoms with Gasteiger partial charge in [0.2, 0.25) is 0 Å². The van der Waals surface area contributed by atoms with Gasteiger partial charge in [-0.05, 0) is 23.2 Å². The fraction of sp³-hybridized carbons (Fsp3) is 0.286. The van der Waals surface area contributed by atoms with Crippen LogP contribution in [0.3, 0.4) is 0 Å². The first-order valence-corrected chi connectivity index (χ1v) is 3.95. The lowest BCUT2D eigenvalue weighted by Crippen LogP contribution is -3.00. The minimum Gasteiger partial charge on any atom is -1.00 e. The number of nitrogens with one attached hydrogen (secondary N) is 1. The fourth-order valence-corrected chi connectivity index (χ4v) is 1.24. The van der Waals surface area contributed by atoms with Crippen molar-refractivity contribution in [1.82, 2.24) is 4.98 Å². The molecular formula is C7H9Cl3N2. The van der Waals surface area contributed by atoms with Crippen molar-refractivity contribution in [3.05, 3.63) is 28.8 Å². The van der Waals surface area contributed by atoms with Crippen LogP contribution < -0.4 is 17.0 Å². The van der Waals surface area contributed by atoms with Crippen LogP contribution in [0.5, 0.6) is 0 Å². The average molecular weight is 228 g/mol. The SMILES string of the molecule is C=CCc1[nH]c(Cl)c(Cl)[n+]1C.[Cl-]. The third-order valence-electron chi connectivity index (χ3n) is 1.47. The lowest BCUT2D eigenvalue weighted by Gasteiger charge is -1.87. The largest absolute Gasteiger partial charge is 1.00 e. The predicted octanol–water partition coefficient (Wildman–Crippen LogP) is -1.12. The van der Waals surface area contributed by atoms with Crippen LogP contribution >= 0.6 is 23.2 Å². The van der Waals surface area contributed by atoms with Gasteiger partial charge in [0.15, 0.2) is 0 Å². The zero-order valence-electron chi connectivity index (χ0n) is 6.57. The lowest BCUT2D eigenvalue weighted by molar-refractivity contribution is -0.675. The summed E-state index contributed by atoms with van der Waals surface area (Å²) in [4.78, 5) is 2.94. The molecule has 0 saturated heterocycles. The Morgan fingerprint density at radius 1 is 1.58 bits per heavy atom. The topological polar surface area (TPSA) is 19.7 Å². The number of hydrogen-bond donors (Lipinski definition) is 1. The van der Waals surface area contributed by atoms with Gasteiger partial charge in [0.25, 0.3) is 16.1 Å². The third-order valence-corrected chi connectivity index (χ3v) is 2.28. The van der Waals surface area contributed by atoms with Crippen LogP contribution in [0, 0.1) is 0 Å². The number of nitrogens with zero attached hydrogens (tertiary/aromatic N) is 1. The molecule has 0 amide bonds. The highest BCUT2D eigenvalue weighted by Crippen LogP contribution is 2.15. The Morgan fingerprint density at radius 2 is 2.17 bits per heavy atom. The third kappa shape index (κ3) is 2.16. The van der Waals surface area contributed by atoms with Crippen LogP contribution in [0.2, 0.25) is 10.3 Å². The van der Waals surface area contributed by atoms with E-state index in [4.69, 9.17) is 23.2 Å². The second kappa shape index (κ2) is 4.75. The Balaban J connectivity index is 0.00000121. The molecule has 0 radical (unpaired) electrons.